The van der Waals surface area contributed by atoms with Gasteiger partial charge in [-0.25, -0.2) is 13.1 Å². The Bertz CT molecular complexity index is 2180. The molecule has 280 valence electrons. The molecule has 0 heterocycles. The predicted molar refractivity (Wildman–Crippen MR) is 205 cm³/mol. The second-order valence-electron chi connectivity index (χ2n) is 13.2. The maximum atomic E-state index is 14.5. The van der Waals surface area contributed by atoms with Crippen LogP contribution in [-0.4, -0.2) is 46.2 Å². The monoisotopic (exact) mass is 741 g/mol. The number of sulfonamides is 1. The highest BCUT2D eigenvalue weighted by Gasteiger charge is 2.36. The average Bonchev–Trinajstić information content (AvgIpc) is 3.12. The molecular weight excluding hydrogens is 695 g/mol. The SMILES string of the molecule is CCCCCCNS(=O)(=O)c1c(C)cc(C)c(Nc2cc(Oc3cccc(CC)c3)c(N)c3c2C(=O)c2cc(OC(=O)CCOC)ccc2C3=O)c1C. The van der Waals surface area contributed by atoms with Gasteiger partial charge in [0.1, 0.15) is 11.5 Å². The van der Waals surface area contributed by atoms with E-state index in [4.69, 9.17) is 19.9 Å². The smallest absolute Gasteiger partial charge is 0.313 e. The molecule has 0 atom stereocenters. The molecule has 0 saturated heterocycles. The van der Waals surface area contributed by atoms with Crippen molar-refractivity contribution in [1.82, 2.24) is 4.72 Å². The number of methoxy groups -OCH3 is 1. The first-order valence-electron chi connectivity index (χ1n) is 17.8. The van der Waals surface area contributed by atoms with Gasteiger partial charge in [0, 0.05) is 36.5 Å². The van der Waals surface area contributed by atoms with Crippen LogP contribution in [0.15, 0.2) is 59.5 Å². The molecule has 0 radical (unpaired) electrons. The van der Waals surface area contributed by atoms with E-state index in [1.165, 1.54) is 25.3 Å². The van der Waals surface area contributed by atoms with E-state index in [0.717, 1.165) is 37.7 Å². The van der Waals surface area contributed by atoms with E-state index in [1.807, 2.05) is 32.0 Å². The quantitative estimate of drug-likeness (QED) is 0.0393. The third-order valence-corrected chi connectivity index (χ3v) is 11.0. The van der Waals surface area contributed by atoms with Crippen LogP contribution >= 0.6 is 0 Å². The van der Waals surface area contributed by atoms with Crippen LogP contribution in [0, 0.1) is 20.8 Å². The number of carbonyl (C=O) groups excluding carboxylic acids is 3. The number of unbranched alkanes of at least 4 members (excludes halogenated alkanes) is 3. The van der Waals surface area contributed by atoms with Gasteiger partial charge in [-0.1, -0.05) is 51.3 Å². The van der Waals surface area contributed by atoms with E-state index in [0.29, 0.717) is 34.7 Å². The molecule has 0 unspecified atom stereocenters. The summed E-state index contributed by atoms with van der Waals surface area (Å²) in [5.41, 5.74) is 10.1. The van der Waals surface area contributed by atoms with Crippen molar-refractivity contribution >= 4 is 44.6 Å². The maximum absolute atomic E-state index is 14.5. The van der Waals surface area contributed by atoms with Crippen LogP contribution in [0.25, 0.3) is 0 Å². The normalized spacial score (nSPS) is 12.3. The number of nitrogens with two attached hydrogens (primary N) is 1. The lowest BCUT2D eigenvalue weighted by Crippen LogP contribution is -2.27. The number of ether oxygens (including phenoxy) is 3. The minimum Gasteiger partial charge on any atom is -0.455 e. The molecule has 5 rings (SSSR count). The molecule has 53 heavy (non-hydrogen) atoms. The van der Waals surface area contributed by atoms with Gasteiger partial charge in [-0.15, -0.1) is 0 Å². The van der Waals surface area contributed by atoms with E-state index in [1.54, 1.807) is 32.0 Å². The highest BCUT2D eigenvalue weighted by atomic mass is 32.2. The number of anilines is 3. The maximum Gasteiger partial charge on any atom is 0.313 e. The summed E-state index contributed by atoms with van der Waals surface area (Å²) in [6, 6.07) is 15.0. The molecule has 0 aliphatic heterocycles. The van der Waals surface area contributed by atoms with Crippen LogP contribution in [0.3, 0.4) is 0 Å². The van der Waals surface area contributed by atoms with Crippen LogP contribution in [0.4, 0.5) is 17.1 Å². The number of rotatable bonds is 16. The van der Waals surface area contributed by atoms with E-state index < -0.39 is 27.6 Å². The van der Waals surface area contributed by atoms with Crippen LogP contribution in [0.2, 0.25) is 0 Å². The Kier molecular flexibility index (Phi) is 12.4. The third kappa shape index (κ3) is 8.45. The first kappa shape index (κ1) is 39.2. The number of fused-ring (bicyclic) bond motifs is 2. The largest absolute Gasteiger partial charge is 0.455 e. The zero-order chi connectivity index (χ0) is 38.4. The molecule has 4 aromatic carbocycles. The van der Waals surface area contributed by atoms with E-state index in [-0.39, 0.29) is 63.1 Å². The van der Waals surface area contributed by atoms with Crippen molar-refractivity contribution in [3.8, 4) is 17.2 Å². The molecule has 1 aliphatic rings. The van der Waals surface area contributed by atoms with Gasteiger partial charge in [-0.05, 0) is 86.2 Å². The minimum atomic E-state index is -3.91. The standard InChI is InChI=1S/C41H47N3O8S/c1-7-9-10-11-18-43-53(48,49)41-25(4)20-24(3)38(26(41)5)44-32-23-33(51-28-14-12-13-27(8-2)21-28)37(42)36-35(32)40(47)31-22-29(15-16-30(31)39(36)46)52-34(45)17-19-50-6/h12-16,20-23,43-44H,7-11,17-19,42H2,1-6H3. The average molecular weight is 742 g/mol. The van der Waals surface area contributed by atoms with E-state index in [2.05, 4.69) is 17.0 Å². The first-order valence-corrected chi connectivity index (χ1v) is 19.3. The summed E-state index contributed by atoms with van der Waals surface area (Å²) in [4.78, 5) is 41.2. The summed E-state index contributed by atoms with van der Waals surface area (Å²) in [6.45, 7) is 9.87. The molecule has 4 aromatic rings. The zero-order valence-corrected chi connectivity index (χ0v) is 31.9. The predicted octanol–water partition coefficient (Wildman–Crippen LogP) is 7.87. The Morgan fingerprint density at radius 1 is 0.849 bits per heavy atom. The Labute approximate surface area is 311 Å². The van der Waals surface area contributed by atoms with Crippen LogP contribution < -0.4 is 25.2 Å². The number of hydrogen-bond acceptors (Lipinski definition) is 10. The van der Waals surface area contributed by atoms with E-state index in [9.17, 15) is 22.8 Å². The number of ketones is 2. The van der Waals surface area contributed by atoms with E-state index >= 15 is 0 Å². The summed E-state index contributed by atoms with van der Waals surface area (Å²) in [6.07, 6.45) is 4.46. The fraction of sp³-hybridized carbons (Fsp3) is 0.341. The first-order chi connectivity index (χ1) is 25.3. The Morgan fingerprint density at radius 2 is 1.60 bits per heavy atom. The van der Waals surface area contributed by atoms with Crippen molar-refractivity contribution in [3.05, 3.63) is 99.1 Å². The molecule has 0 aromatic heterocycles. The molecule has 4 N–H and O–H groups in total. The second kappa shape index (κ2) is 16.7. The summed E-state index contributed by atoms with van der Waals surface area (Å²) in [7, 11) is -2.44. The number of aryl methyl sites for hydroxylation is 3. The summed E-state index contributed by atoms with van der Waals surface area (Å²) >= 11 is 0. The summed E-state index contributed by atoms with van der Waals surface area (Å²) in [5.74, 6) is -0.909. The van der Waals surface area contributed by atoms with Gasteiger partial charge < -0.3 is 25.3 Å². The van der Waals surface area contributed by atoms with Crippen molar-refractivity contribution in [2.24, 2.45) is 0 Å². The Morgan fingerprint density at radius 3 is 2.32 bits per heavy atom. The van der Waals surface area contributed by atoms with Crippen molar-refractivity contribution in [2.45, 2.75) is 78.0 Å². The van der Waals surface area contributed by atoms with Gasteiger partial charge in [0.25, 0.3) is 0 Å². The lowest BCUT2D eigenvalue weighted by atomic mass is 9.81. The molecule has 0 bridgehead atoms. The number of esters is 1. The lowest BCUT2D eigenvalue weighted by molar-refractivity contribution is -0.135. The Hall–Kier alpha value is -5.04. The van der Waals surface area contributed by atoms with Crippen molar-refractivity contribution in [2.75, 3.05) is 31.3 Å². The van der Waals surface area contributed by atoms with Crippen LogP contribution in [-0.2, 0) is 26.0 Å². The highest BCUT2D eigenvalue weighted by molar-refractivity contribution is 7.89. The number of nitrogens with one attached hydrogen (secondary N) is 2. The fourth-order valence-electron chi connectivity index (χ4n) is 6.63. The zero-order valence-electron chi connectivity index (χ0n) is 31.1. The summed E-state index contributed by atoms with van der Waals surface area (Å²) < 4.78 is 46.8. The lowest BCUT2D eigenvalue weighted by Gasteiger charge is -2.26. The molecule has 12 heteroatoms. The minimum absolute atomic E-state index is 0.000819. The second-order valence-corrected chi connectivity index (χ2v) is 14.9. The number of hydrogen-bond donors (Lipinski definition) is 3. The fourth-order valence-corrected chi connectivity index (χ4v) is 8.18. The van der Waals surface area contributed by atoms with Crippen LogP contribution in [0.1, 0.15) is 100 Å². The van der Waals surface area contributed by atoms with Gasteiger partial charge >= 0.3 is 5.97 Å². The summed E-state index contributed by atoms with van der Waals surface area (Å²) in [5, 5.41) is 3.32. The van der Waals surface area contributed by atoms with Crippen molar-refractivity contribution < 1.29 is 37.0 Å². The van der Waals surface area contributed by atoms with Crippen molar-refractivity contribution in [3.63, 3.8) is 0 Å². The number of nitrogen functional groups attached to an aromatic ring is 1. The highest BCUT2D eigenvalue weighted by Crippen LogP contribution is 2.44. The molecular formula is C41H47N3O8S. The van der Waals surface area contributed by atoms with Gasteiger partial charge in [-0.2, -0.15) is 0 Å². The topological polar surface area (TPSA) is 163 Å². The molecule has 0 amide bonds. The van der Waals surface area contributed by atoms with Crippen LogP contribution in [0.5, 0.6) is 17.2 Å². The van der Waals surface area contributed by atoms with Gasteiger partial charge in [0.15, 0.2) is 17.3 Å². The molecule has 0 spiro atoms. The molecule has 1 aliphatic carbocycles. The third-order valence-electron chi connectivity index (χ3n) is 9.29. The number of benzene rings is 4. The molecule has 0 fully saturated rings. The molecule has 11 nitrogen and oxygen atoms in total. The van der Waals surface area contributed by atoms with Gasteiger partial charge in [0.2, 0.25) is 10.0 Å². The van der Waals surface area contributed by atoms with Gasteiger partial charge in [-0.3, -0.25) is 14.4 Å². The number of carbonyl (C=O) groups is 3. The Balaban J connectivity index is 1.64. The molecule has 0 saturated carbocycles. The van der Waals surface area contributed by atoms with Crippen molar-refractivity contribution in [1.29, 1.82) is 0 Å². The van der Waals surface area contributed by atoms with Gasteiger partial charge in [0.05, 0.1) is 40.4 Å².